The van der Waals surface area contributed by atoms with E-state index in [2.05, 4.69) is 14.8 Å². The molecule has 10 heteroatoms. The highest BCUT2D eigenvalue weighted by Crippen LogP contribution is 2.45. The molecule has 1 aromatic carbocycles. The average molecular weight is 434 g/mol. The van der Waals surface area contributed by atoms with Crippen LogP contribution in [0.25, 0.3) is 0 Å². The Morgan fingerprint density at radius 3 is 2.97 bits per heavy atom. The van der Waals surface area contributed by atoms with Gasteiger partial charge in [0.15, 0.2) is 9.92 Å². The van der Waals surface area contributed by atoms with Gasteiger partial charge < -0.3 is 10.1 Å². The normalized spacial score (nSPS) is 21.2. The van der Waals surface area contributed by atoms with E-state index in [4.69, 9.17) is 9.88 Å². The lowest BCUT2D eigenvalue weighted by Crippen LogP contribution is -2.21. The average Bonchev–Trinajstić information content (AvgIpc) is 3.43. The van der Waals surface area contributed by atoms with Crippen LogP contribution in [0.4, 0.5) is 14.9 Å². The highest BCUT2D eigenvalue weighted by Gasteiger charge is 2.33. The summed E-state index contributed by atoms with van der Waals surface area (Å²) in [6.45, 7) is 3.12. The van der Waals surface area contributed by atoms with E-state index in [1.807, 2.05) is 6.92 Å². The number of ether oxygens (including phenoxy) is 1. The number of anilines is 1. The summed E-state index contributed by atoms with van der Waals surface area (Å²) in [5, 5.41) is 12.9. The second-order valence-corrected chi connectivity index (χ2v) is 9.92. The lowest BCUT2D eigenvalue weighted by molar-refractivity contribution is 0.224. The third kappa shape index (κ3) is 3.01. The third-order valence-corrected chi connectivity index (χ3v) is 7.59. The van der Waals surface area contributed by atoms with E-state index < -0.39 is 15.9 Å². The molecule has 0 saturated carbocycles. The number of carbonyl (C=O) groups is 1. The minimum absolute atomic E-state index is 0.111. The van der Waals surface area contributed by atoms with E-state index in [1.165, 1.54) is 6.20 Å². The number of nitrogens with one attached hydrogen (secondary N) is 1. The maximum absolute atomic E-state index is 15.0. The molecule has 0 radical (unpaired) electrons. The topological polar surface area (TPSA) is 112 Å². The minimum Gasteiger partial charge on any atom is -0.477 e. The molecule has 160 valence electrons. The summed E-state index contributed by atoms with van der Waals surface area (Å²) >= 11 is 0. The summed E-state index contributed by atoms with van der Waals surface area (Å²) in [5.74, 6) is 0.305. The van der Waals surface area contributed by atoms with Gasteiger partial charge in [0.05, 0.1) is 12.8 Å². The molecule has 0 saturated heterocycles. The summed E-state index contributed by atoms with van der Waals surface area (Å²) < 4.78 is 38.9. The van der Waals surface area contributed by atoms with Crippen molar-refractivity contribution in [2.24, 2.45) is 9.50 Å². The Kier molecular flexibility index (Phi) is 4.59. The molecule has 1 aliphatic heterocycles. The van der Waals surface area contributed by atoms with Crippen LogP contribution in [0.2, 0.25) is 0 Å². The first kappa shape index (κ1) is 19.5. The van der Waals surface area contributed by atoms with Gasteiger partial charge in [-0.3, -0.25) is 0 Å². The van der Waals surface area contributed by atoms with Crippen molar-refractivity contribution in [2.45, 2.75) is 62.8 Å². The number of hydrogen-bond acceptors (Lipinski definition) is 4. The zero-order valence-corrected chi connectivity index (χ0v) is 17.6. The van der Waals surface area contributed by atoms with E-state index in [0.29, 0.717) is 55.1 Å². The van der Waals surface area contributed by atoms with E-state index in [-0.39, 0.29) is 16.6 Å². The number of hydrogen-bond donors (Lipinski definition) is 2. The second kappa shape index (κ2) is 7.05. The van der Waals surface area contributed by atoms with Gasteiger partial charge in [-0.25, -0.2) is 23.2 Å². The number of fused-ring (bicyclic) bond motifs is 3. The van der Waals surface area contributed by atoms with Crippen LogP contribution in [0, 0.1) is 5.82 Å². The quantitative estimate of drug-likeness (QED) is 0.757. The molecule has 1 aromatic heterocycles. The maximum Gasteiger partial charge on any atom is 0.354 e. The first-order valence-electron chi connectivity index (χ1n) is 10.3. The van der Waals surface area contributed by atoms with Crippen LogP contribution in [0.5, 0.6) is 5.88 Å². The van der Waals surface area contributed by atoms with Crippen molar-refractivity contribution in [2.75, 3.05) is 11.9 Å². The highest BCUT2D eigenvalue weighted by atomic mass is 32.2. The summed E-state index contributed by atoms with van der Waals surface area (Å²) in [6, 6.07) is -0.805. The number of nitrogens with two attached hydrogens (primary N) is 1. The lowest BCUT2D eigenvalue weighted by Gasteiger charge is -2.19. The Balaban J connectivity index is 1.53. The fourth-order valence-electron chi connectivity index (χ4n) is 4.86. The Bertz CT molecular complexity index is 1180. The predicted octanol–water partition coefficient (Wildman–Crippen LogP) is 3.28. The summed E-state index contributed by atoms with van der Waals surface area (Å²) in [4.78, 5) is 12.9. The van der Waals surface area contributed by atoms with Crippen LogP contribution in [-0.4, -0.2) is 26.6 Å². The van der Waals surface area contributed by atoms with Crippen molar-refractivity contribution < 1.29 is 18.1 Å². The van der Waals surface area contributed by atoms with Gasteiger partial charge in [0.2, 0.25) is 5.88 Å². The Morgan fingerprint density at radius 2 is 2.13 bits per heavy atom. The molecule has 0 bridgehead atoms. The number of halogens is 1. The van der Waals surface area contributed by atoms with Crippen molar-refractivity contribution in [3.05, 3.63) is 34.3 Å². The smallest absolute Gasteiger partial charge is 0.354 e. The van der Waals surface area contributed by atoms with E-state index in [1.54, 1.807) is 4.68 Å². The van der Waals surface area contributed by atoms with Crippen molar-refractivity contribution in [1.82, 2.24) is 9.78 Å². The van der Waals surface area contributed by atoms with Gasteiger partial charge in [-0.2, -0.15) is 5.10 Å². The first-order chi connectivity index (χ1) is 14.4. The van der Waals surface area contributed by atoms with Gasteiger partial charge in [0.1, 0.15) is 10.7 Å². The van der Waals surface area contributed by atoms with Crippen LogP contribution >= 0.6 is 0 Å². The maximum atomic E-state index is 15.0. The molecule has 5 rings (SSSR count). The predicted molar refractivity (Wildman–Crippen MR) is 110 cm³/mol. The van der Waals surface area contributed by atoms with Crippen LogP contribution in [-0.2, 0) is 35.7 Å². The monoisotopic (exact) mass is 433 g/mol. The highest BCUT2D eigenvalue weighted by molar-refractivity contribution is 7.91. The van der Waals surface area contributed by atoms with Gasteiger partial charge in [-0.15, -0.1) is 4.36 Å². The summed E-state index contributed by atoms with van der Waals surface area (Å²) in [6.07, 6.45) is 5.83. The van der Waals surface area contributed by atoms with Gasteiger partial charge in [0, 0.05) is 18.7 Å². The number of carbonyl (C=O) groups excluding carboxylic acids is 1. The fraction of sp³-hybridized carbons (Fsp3) is 0.500. The molecule has 2 atom stereocenters. The number of amides is 2. The minimum atomic E-state index is -3.55. The summed E-state index contributed by atoms with van der Waals surface area (Å²) in [5.41, 5.74) is 3.67. The Hall–Kier alpha value is -2.46. The van der Waals surface area contributed by atoms with Crippen molar-refractivity contribution >= 4 is 21.6 Å². The van der Waals surface area contributed by atoms with E-state index in [9.17, 15) is 13.4 Å². The number of urea groups is 1. The standard InChI is InChI=1S/C20H24FN5O3S/c1-11-6-7-14-16(11)18(13-5-2-4-12(13)17(14)21)24-20(27)25-30(22,28)15-10-23-26-8-3-9-29-19(15)26/h10-11H,2-9H2,1H3,(H3,22,24,25,27,28)/t11-,30+/m1/s1. The van der Waals surface area contributed by atoms with Crippen LogP contribution < -0.4 is 15.2 Å². The molecule has 2 aliphatic carbocycles. The molecule has 2 aromatic rings. The lowest BCUT2D eigenvalue weighted by atomic mass is 9.94. The van der Waals surface area contributed by atoms with Gasteiger partial charge in [-0.05, 0) is 60.3 Å². The zero-order valence-electron chi connectivity index (χ0n) is 16.7. The third-order valence-electron chi connectivity index (χ3n) is 6.24. The van der Waals surface area contributed by atoms with Crippen LogP contribution in [0.15, 0.2) is 15.5 Å². The van der Waals surface area contributed by atoms with E-state index >= 15 is 0 Å². The molecule has 3 N–H and O–H groups in total. The van der Waals surface area contributed by atoms with Gasteiger partial charge in [0.25, 0.3) is 0 Å². The van der Waals surface area contributed by atoms with Crippen molar-refractivity contribution in [1.29, 1.82) is 0 Å². The van der Waals surface area contributed by atoms with E-state index in [0.717, 1.165) is 30.4 Å². The SMILES string of the molecule is C[C@@H]1CCc2c(F)c3c(c(NC(=O)N=[S@](N)(=O)c4cnn5c4OCCC5)c21)CCC3. The number of aryl methyl sites for hydroxylation is 1. The van der Waals surface area contributed by atoms with Crippen molar-refractivity contribution in [3.8, 4) is 5.88 Å². The number of benzene rings is 1. The number of nitrogens with zero attached hydrogens (tertiary/aromatic N) is 3. The Morgan fingerprint density at radius 1 is 1.33 bits per heavy atom. The molecular weight excluding hydrogens is 409 g/mol. The van der Waals surface area contributed by atoms with Crippen LogP contribution in [0.1, 0.15) is 54.4 Å². The van der Waals surface area contributed by atoms with Gasteiger partial charge >= 0.3 is 6.03 Å². The Labute approximate surface area is 174 Å². The molecule has 30 heavy (non-hydrogen) atoms. The molecule has 2 heterocycles. The number of rotatable bonds is 2. The zero-order chi connectivity index (χ0) is 21.0. The molecule has 3 aliphatic rings. The molecule has 8 nitrogen and oxygen atoms in total. The summed E-state index contributed by atoms with van der Waals surface area (Å²) in [7, 11) is -3.55. The molecule has 0 fully saturated rings. The second-order valence-electron chi connectivity index (χ2n) is 8.16. The first-order valence-corrected chi connectivity index (χ1v) is 11.8. The largest absolute Gasteiger partial charge is 0.477 e. The van der Waals surface area contributed by atoms with Crippen molar-refractivity contribution in [3.63, 3.8) is 0 Å². The number of aromatic nitrogens is 2. The van der Waals surface area contributed by atoms with Gasteiger partial charge in [-0.1, -0.05) is 6.92 Å². The molecule has 0 unspecified atom stereocenters. The fourth-order valence-corrected chi connectivity index (χ4v) is 5.86. The molecular formula is C20H24FN5O3S. The van der Waals surface area contributed by atoms with Crippen LogP contribution in [0.3, 0.4) is 0 Å². The molecule has 0 spiro atoms. The molecule has 2 amide bonds.